The molecular formula is C9H8Cl2N4. The third-order valence-corrected chi connectivity index (χ3v) is 2.47. The van der Waals surface area contributed by atoms with Crippen molar-refractivity contribution in [2.45, 2.75) is 6.54 Å². The van der Waals surface area contributed by atoms with Crippen molar-refractivity contribution in [2.75, 3.05) is 5.43 Å². The van der Waals surface area contributed by atoms with E-state index in [9.17, 15) is 0 Å². The van der Waals surface area contributed by atoms with Gasteiger partial charge in [-0.1, -0.05) is 29.3 Å². The van der Waals surface area contributed by atoms with Crippen molar-refractivity contribution < 1.29 is 0 Å². The fourth-order valence-electron chi connectivity index (χ4n) is 1.12. The molecule has 0 unspecified atom stereocenters. The summed E-state index contributed by atoms with van der Waals surface area (Å²) in [6.07, 6.45) is 3.15. The van der Waals surface area contributed by atoms with E-state index in [2.05, 4.69) is 15.6 Å². The highest BCUT2D eigenvalue weighted by Crippen LogP contribution is 2.20. The first-order valence-corrected chi connectivity index (χ1v) is 5.04. The first kappa shape index (κ1) is 10.3. The van der Waals surface area contributed by atoms with Crippen LogP contribution in [0.3, 0.4) is 0 Å². The van der Waals surface area contributed by atoms with Gasteiger partial charge in [-0.25, -0.2) is 4.68 Å². The van der Waals surface area contributed by atoms with Crippen molar-refractivity contribution in [3.8, 4) is 0 Å². The monoisotopic (exact) mass is 242 g/mol. The molecule has 2 aromatic rings. The van der Waals surface area contributed by atoms with E-state index in [1.807, 2.05) is 6.07 Å². The maximum atomic E-state index is 6.00. The Bertz CT molecular complexity index is 441. The first-order valence-electron chi connectivity index (χ1n) is 4.28. The molecule has 1 heterocycles. The number of aromatic nitrogens is 3. The summed E-state index contributed by atoms with van der Waals surface area (Å²) in [7, 11) is 0. The standard InChI is InChI=1S/C9H8Cl2N4/c10-8-2-1-7(9(11)3-8)4-14-15-5-12-13-6-15/h1-3,5-6,14H,4H2. The fourth-order valence-corrected chi connectivity index (χ4v) is 1.60. The molecule has 4 nitrogen and oxygen atoms in total. The molecule has 0 saturated carbocycles. The summed E-state index contributed by atoms with van der Waals surface area (Å²) in [5, 5.41) is 8.61. The maximum Gasteiger partial charge on any atom is 0.138 e. The van der Waals surface area contributed by atoms with Gasteiger partial charge in [0.2, 0.25) is 0 Å². The predicted octanol–water partition coefficient (Wildman–Crippen LogP) is 2.33. The second-order valence-electron chi connectivity index (χ2n) is 2.94. The van der Waals surface area contributed by atoms with E-state index in [-0.39, 0.29) is 0 Å². The number of rotatable bonds is 3. The lowest BCUT2D eigenvalue weighted by Gasteiger charge is -2.07. The fraction of sp³-hybridized carbons (Fsp3) is 0.111. The smallest absolute Gasteiger partial charge is 0.138 e. The molecule has 1 aromatic carbocycles. The Morgan fingerprint density at radius 3 is 2.60 bits per heavy atom. The first-order chi connectivity index (χ1) is 7.25. The molecule has 0 aliphatic rings. The summed E-state index contributed by atoms with van der Waals surface area (Å²) in [5.41, 5.74) is 4.03. The minimum absolute atomic E-state index is 0.591. The molecule has 0 bridgehead atoms. The van der Waals surface area contributed by atoms with Crippen LogP contribution in [-0.4, -0.2) is 14.9 Å². The third kappa shape index (κ3) is 2.61. The van der Waals surface area contributed by atoms with Crippen LogP contribution in [0.1, 0.15) is 5.56 Å². The highest BCUT2D eigenvalue weighted by atomic mass is 35.5. The number of hydrogen-bond donors (Lipinski definition) is 1. The molecule has 0 fully saturated rings. The molecular weight excluding hydrogens is 235 g/mol. The zero-order valence-electron chi connectivity index (χ0n) is 7.69. The van der Waals surface area contributed by atoms with Crippen LogP contribution in [0, 0.1) is 0 Å². The van der Waals surface area contributed by atoms with Crippen molar-refractivity contribution in [1.82, 2.24) is 14.9 Å². The zero-order valence-corrected chi connectivity index (χ0v) is 9.20. The lowest BCUT2D eigenvalue weighted by molar-refractivity contribution is 0.836. The Kier molecular flexibility index (Phi) is 3.08. The Morgan fingerprint density at radius 1 is 1.20 bits per heavy atom. The lowest BCUT2D eigenvalue weighted by atomic mass is 10.2. The third-order valence-electron chi connectivity index (χ3n) is 1.89. The van der Waals surface area contributed by atoms with Gasteiger partial charge in [0.25, 0.3) is 0 Å². The van der Waals surface area contributed by atoms with Gasteiger partial charge in [-0.2, -0.15) is 0 Å². The van der Waals surface area contributed by atoms with Crippen molar-refractivity contribution in [2.24, 2.45) is 0 Å². The summed E-state index contributed by atoms with van der Waals surface area (Å²) >= 11 is 11.8. The van der Waals surface area contributed by atoms with E-state index in [0.29, 0.717) is 16.6 Å². The molecule has 0 spiro atoms. The van der Waals surface area contributed by atoms with Crippen LogP contribution in [0.25, 0.3) is 0 Å². The summed E-state index contributed by atoms with van der Waals surface area (Å²) in [6, 6.07) is 5.39. The van der Waals surface area contributed by atoms with Crippen LogP contribution in [-0.2, 0) is 6.54 Å². The quantitative estimate of drug-likeness (QED) is 0.899. The molecule has 15 heavy (non-hydrogen) atoms. The zero-order chi connectivity index (χ0) is 10.7. The van der Waals surface area contributed by atoms with Gasteiger partial charge in [-0.05, 0) is 17.7 Å². The molecule has 0 saturated heterocycles. The van der Waals surface area contributed by atoms with Gasteiger partial charge in [-0.3, -0.25) is 0 Å². The SMILES string of the molecule is Clc1ccc(CNn2cnnc2)c(Cl)c1. The largest absolute Gasteiger partial charge is 0.319 e. The van der Waals surface area contributed by atoms with Crippen LogP contribution in [0.15, 0.2) is 30.9 Å². The second kappa shape index (κ2) is 4.51. The Hall–Kier alpha value is -1.26. The van der Waals surface area contributed by atoms with Crippen LogP contribution < -0.4 is 5.43 Å². The topological polar surface area (TPSA) is 42.7 Å². The number of halogens is 2. The molecule has 0 aliphatic carbocycles. The molecule has 0 radical (unpaired) electrons. The van der Waals surface area contributed by atoms with Crippen molar-refractivity contribution in [3.05, 3.63) is 46.5 Å². The van der Waals surface area contributed by atoms with E-state index in [4.69, 9.17) is 23.2 Å². The summed E-state index contributed by atoms with van der Waals surface area (Å²) < 4.78 is 1.66. The molecule has 2 rings (SSSR count). The number of benzene rings is 1. The van der Waals surface area contributed by atoms with Gasteiger partial charge >= 0.3 is 0 Å². The summed E-state index contributed by atoms with van der Waals surface area (Å²) in [6.45, 7) is 0.591. The minimum atomic E-state index is 0.591. The summed E-state index contributed by atoms with van der Waals surface area (Å²) in [4.78, 5) is 0. The molecule has 0 aliphatic heterocycles. The molecule has 6 heteroatoms. The lowest BCUT2D eigenvalue weighted by Crippen LogP contribution is -2.12. The van der Waals surface area contributed by atoms with Gasteiger partial charge in [0.05, 0.1) is 6.54 Å². The number of hydrogen-bond acceptors (Lipinski definition) is 3. The van der Waals surface area contributed by atoms with E-state index in [1.165, 1.54) is 0 Å². The van der Waals surface area contributed by atoms with Crippen molar-refractivity contribution in [3.63, 3.8) is 0 Å². The molecule has 1 N–H and O–H groups in total. The average Bonchev–Trinajstić information content (AvgIpc) is 2.69. The van der Waals surface area contributed by atoms with Crippen LogP contribution in [0.4, 0.5) is 0 Å². The Morgan fingerprint density at radius 2 is 1.93 bits per heavy atom. The molecule has 1 aromatic heterocycles. The van der Waals surface area contributed by atoms with Gasteiger partial charge in [0.15, 0.2) is 0 Å². The minimum Gasteiger partial charge on any atom is -0.319 e. The van der Waals surface area contributed by atoms with Gasteiger partial charge < -0.3 is 5.43 Å². The predicted molar refractivity (Wildman–Crippen MR) is 59.5 cm³/mol. The van der Waals surface area contributed by atoms with Gasteiger partial charge in [0.1, 0.15) is 12.7 Å². The highest BCUT2D eigenvalue weighted by molar-refractivity contribution is 6.35. The average molecular weight is 243 g/mol. The summed E-state index contributed by atoms with van der Waals surface area (Å²) in [5.74, 6) is 0. The van der Waals surface area contributed by atoms with Gasteiger partial charge in [-0.15, -0.1) is 10.2 Å². The Balaban J connectivity index is 2.05. The van der Waals surface area contributed by atoms with Gasteiger partial charge in [0, 0.05) is 10.0 Å². The highest BCUT2D eigenvalue weighted by Gasteiger charge is 2.00. The normalized spacial score (nSPS) is 10.3. The van der Waals surface area contributed by atoms with E-state index < -0.39 is 0 Å². The number of nitrogens with one attached hydrogen (secondary N) is 1. The second-order valence-corrected chi connectivity index (χ2v) is 3.78. The maximum absolute atomic E-state index is 6.00. The van der Waals surface area contributed by atoms with Crippen LogP contribution in [0.5, 0.6) is 0 Å². The van der Waals surface area contributed by atoms with E-state index in [0.717, 1.165) is 5.56 Å². The van der Waals surface area contributed by atoms with Crippen molar-refractivity contribution in [1.29, 1.82) is 0 Å². The Labute approximate surface area is 96.8 Å². The van der Waals surface area contributed by atoms with Crippen LogP contribution >= 0.6 is 23.2 Å². The van der Waals surface area contributed by atoms with Crippen molar-refractivity contribution >= 4 is 23.2 Å². The van der Waals surface area contributed by atoms with Crippen LogP contribution in [0.2, 0.25) is 10.0 Å². The molecule has 0 atom stereocenters. The molecule has 78 valence electrons. The van der Waals surface area contributed by atoms with E-state index >= 15 is 0 Å². The number of nitrogens with zero attached hydrogens (tertiary/aromatic N) is 3. The van der Waals surface area contributed by atoms with E-state index in [1.54, 1.807) is 29.5 Å². The molecule has 0 amide bonds.